The molecule has 10 N–H and O–H groups in total. The van der Waals surface area contributed by atoms with Gasteiger partial charge in [-0.3, -0.25) is 19.2 Å². The lowest BCUT2D eigenvalue weighted by molar-refractivity contribution is -0.277. The van der Waals surface area contributed by atoms with Gasteiger partial charge in [0, 0.05) is 51.6 Å². The largest absolute Gasteiger partial charge is 0.508 e. The van der Waals surface area contributed by atoms with Crippen LogP contribution in [-0.2, 0) is 4.74 Å². The summed E-state index contributed by atoms with van der Waals surface area (Å²) in [6.45, 7) is 0.612. The Morgan fingerprint density at radius 2 is 1.06 bits per heavy atom. The highest BCUT2D eigenvalue weighted by Crippen LogP contribution is 2.53. The Morgan fingerprint density at radius 1 is 0.549 bits per heavy atom. The van der Waals surface area contributed by atoms with Gasteiger partial charge in [0.2, 0.25) is 17.9 Å². The van der Waals surface area contributed by atoms with Gasteiger partial charge in [-0.2, -0.15) is 0 Å². The fourth-order valence-corrected chi connectivity index (χ4v) is 6.83. The first kappa shape index (κ1) is 33.5. The van der Waals surface area contributed by atoms with Crippen molar-refractivity contribution in [3.05, 3.63) is 86.5 Å². The van der Waals surface area contributed by atoms with Gasteiger partial charge in [-0.05, 0) is 30.7 Å². The quantitative estimate of drug-likeness (QED) is 0.120. The summed E-state index contributed by atoms with van der Waals surface area (Å²) >= 11 is 0. The number of hydrogen-bond acceptors (Lipinski definition) is 16. The van der Waals surface area contributed by atoms with Gasteiger partial charge in [-0.25, -0.2) is 0 Å². The molecule has 16 heteroatoms. The van der Waals surface area contributed by atoms with E-state index in [1.54, 1.807) is 0 Å². The summed E-state index contributed by atoms with van der Waals surface area (Å²) in [6, 6.07) is 5.38. The molecule has 2 aliphatic carbocycles. The van der Waals surface area contributed by atoms with Crippen molar-refractivity contribution in [2.24, 2.45) is 0 Å². The lowest BCUT2D eigenvalue weighted by Crippen LogP contribution is -2.60. The van der Waals surface area contributed by atoms with E-state index in [9.17, 15) is 70.2 Å². The van der Waals surface area contributed by atoms with Crippen LogP contribution in [0.3, 0.4) is 0 Å². The van der Waals surface area contributed by atoms with E-state index in [4.69, 9.17) is 9.47 Å². The normalized spacial score (nSPS) is 22.3. The van der Waals surface area contributed by atoms with Crippen LogP contribution in [0, 0.1) is 6.92 Å². The maximum absolute atomic E-state index is 14.4. The van der Waals surface area contributed by atoms with E-state index in [-0.39, 0.29) is 5.56 Å². The van der Waals surface area contributed by atoms with Crippen molar-refractivity contribution < 1.29 is 79.7 Å². The molecule has 4 aromatic carbocycles. The number of carbonyl (C=O) groups excluding carboxylic acids is 4. The Balaban J connectivity index is 1.58. The van der Waals surface area contributed by atoms with Crippen molar-refractivity contribution in [3.8, 4) is 51.4 Å². The van der Waals surface area contributed by atoms with Crippen molar-refractivity contribution in [3.63, 3.8) is 0 Å². The third kappa shape index (κ3) is 4.73. The highest BCUT2D eigenvalue weighted by molar-refractivity contribution is 6.35. The zero-order valence-corrected chi connectivity index (χ0v) is 26.0. The molecule has 0 radical (unpaired) electrons. The number of aromatic hydroxyl groups is 6. The molecule has 0 bridgehead atoms. The molecule has 0 amide bonds. The van der Waals surface area contributed by atoms with E-state index in [0.29, 0.717) is 11.6 Å². The van der Waals surface area contributed by atoms with Crippen molar-refractivity contribution in [2.45, 2.75) is 37.6 Å². The van der Waals surface area contributed by atoms with Crippen LogP contribution in [-0.4, -0.2) is 112 Å². The lowest BCUT2D eigenvalue weighted by Gasteiger charge is -2.40. The van der Waals surface area contributed by atoms with E-state index in [2.05, 4.69) is 0 Å². The fraction of sp³-hybridized carbons (Fsp3) is 0.200. The molecule has 1 saturated heterocycles. The van der Waals surface area contributed by atoms with Gasteiger partial charge in [-0.1, -0.05) is 0 Å². The van der Waals surface area contributed by atoms with E-state index in [0.717, 1.165) is 18.2 Å². The number of phenolic OH excluding ortho intramolecular Hbond substituents is 6. The van der Waals surface area contributed by atoms with E-state index >= 15 is 0 Å². The molecule has 3 aliphatic rings. The Morgan fingerprint density at radius 3 is 1.67 bits per heavy atom. The summed E-state index contributed by atoms with van der Waals surface area (Å²) in [7, 11) is 0. The number of aliphatic hydroxyl groups excluding tert-OH is 4. The van der Waals surface area contributed by atoms with Crippen molar-refractivity contribution in [1.82, 2.24) is 0 Å². The first-order chi connectivity index (χ1) is 24.1. The average Bonchev–Trinajstić information content (AvgIpc) is 3.05. The zero-order valence-electron chi connectivity index (χ0n) is 26.0. The molecule has 51 heavy (non-hydrogen) atoms. The molecule has 7 rings (SSSR count). The van der Waals surface area contributed by atoms with Gasteiger partial charge in [0.1, 0.15) is 64.7 Å². The minimum Gasteiger partial charge on any atom is -0.508 e. The third-order valence-corrected chi connectivity index (χ3v) is 9.11. The van der Waals surface area contributed by atoms with Gasteiger partial charge >= 0.3 is 0 Å². The average molecular weight is 703 g/mol. The van der Waals surface area contributed by atoms with E-state index in [1.807, 2.05) is 0 Å². The van der Waals surface area contributed by atoms with Gasteiger partial charge in [0.25, 0.3) is 0 Å². The molecule has 5 atom stereocenters. The van der Waals surface area contributed by atoms with Crippen LogP contribution < -0.4 is 4.74 Å². The summed E-state index contributed by atoms with van der Waals surface area (Å²) < 4.78 is 11.3. The number of ketones is 4. The third-order valence-electron chi connectivity index (χ3n) is 9.11. The van der Waals surface area contributed by atoms with Crippen LogP contribution in [0.1, 0.15) is 69.2 Å². The van der Waals surface area contributed by atoms with Crippen LogP contribution >= 0.6 is 0 Å². The second-order valence-corrected chi connectivity index (χ2v) is 12.3. The first-order valence-electron chi connectivity index (χ1n) is 15.1. The molecule has 0 unspecified atom stereocenters. The monoisotopic (exact) mass is 702 g/mol. The standard InChI is InChI=1S/C35H26O16/c1-9-2-11-20(13(38)3-9)31(46)24-17(42)7-18(50-35-34(49)33(48)30(45)19(8-36)51-35)25(27(24)28(11)43)22-15(40)6-16(41)23-26(22)29(44)12-4-10(37)5-14(39)21(12)32(23)47/h2-7,19,30,33-42,45,48-49H,8H2,1H3/t19-,30+,33-,34-,35+/m1/s1. The number of fused-ring (bicyclic) bond motifs is 4. The SMILES string of the molecule is Cc1cc(O)c2c(c1)C(=O)c1c(c(O)cc(O[C@H]3O[C@H](CO)[C@H](O)[C@@H](O)[C@H]3O)c1-c1c(O)cc(O)c3c1C(=O)c1cc(O)cc(O)c1C3=O)C2=O. The first-order valence-corrected chi connectivity index (χ1v) is 15.1. The molecule has 262 valence electrons. The number of hydrogen-bond donors (Lipinski definition) is 10. The molecule has 4 aromatic rings. The van der Waals surface area contributed by atoms with Crippen LogP contribution in [0.5, 0.6) is 40.2 Å². The van der Waals surface area contributed by atoms with E-state index in [1.165, 1.54) is 19.1 Å². The molecular formula is C35H26O16. The van der Waals surface area contributed by atoms with Crippen LogP contribution in [0.4, 0.5) is 0 Å². The molecule has 16 nitrogen and oxygen atoms in total. The smallest absolute Gasteiger partial charge is 0.229 e. The van der Waals surface area contributed by atoms with Gasteiger partial charge in [0.05, 0.1) is 28.9 Å². The number of ether oxygens (including phenoxy) is 2. The molecule has 1 fully saturated rings. The Kier molecular flexibility index (Phi) is 7.55. The number of carbonyl (C=O) groups is 4. The maximum atomic E-state index is 14.4. The Hall–Kier alpha value is -6.04. The van der Waals surface area contributed by atoms with Gasteiger partial charge in [-0.15, -0.1) is 0 Å². The summed E-state index contributed by atoms with van der Waals surface area (Å²) in [4.78, 5) is 56.4. The van der Waals surface area contributed by atoms with Crippen molar-refractivity contribution >= 4 is 23.1 Å². The van der Waals surface area contributed by atoms with Gasteiger partial charge in [0.15, 0.2) is 11.6 Å². The van der Waals surface area contributed by atoms with Crippen LogP contribution in [0.2, 0.25) is 0 Å². The predicted octanol–water partition coefficient (Wildman–Crippen LogP) is 0.625. The zero-order chi connectivity index (χ0) is 37.0. The molecule has 0 aromatic heterocycles. The summed E-state index contributed by atoms with van der Waals surface area (Å²) in [5, 5.41) is 106. The Bertz CT molecular complexity index is 2270. The molecule has 1 heterocycles. The lowest BCUT2D eigenvalue weighted by atomic mass is 9.75. The number of aliphatic hydroxyl groups is 4. The minimum atomic E-state index is -2.07. The molecule has 1 aliphatic heterocycles. The predicted molar refractivity (Wildman–Crippen MR) is 168 cm³/mol. The topological polar surface area (TPSA) is 289 Å². The highest BCUT2D eigenvalue weighted by Gasteiger charge is 2.47. The second-order valence-electron chi connectivity index (χ2n) is 12.3. The number of phenols is 6. The van der Waals surface area contributed by atoms with Crippen molar-refractivity contribution in [2.75, 3.05) is 6.61 Å². The molecule has 0 spiro atoms. The number of aryl methyl sites for hydroxylation is 1. The number of benzene rings is 4. The highest BCUT2D eigenvalue weighted by atomic mass is 16.7. The fourth-order valence-electron chi connectivity index (χ4n) is 6.83. The molecule has 0 saturated carbocycles. The number of rotatable bonds is 4. The van der Waals surface area contributed by atoms with Gasteiger partial charge < -0.3 is 60.5 Å². The summed E-state index contributed by atoms with van der Waals surface area (Å²) in [5.41, 5.74) is -6.29. The van der Waals surface area contributed by atoms with Crippen LogP contribution in [0.25, 0.3) is 11.1 Å². The summed E-state index contributed by atoms with van der Waals surface area (Å²) in [6.07, 6.45) is -9.42. The maximum Gasteiger partial charge on any atom is 0.229 e. The Labute approximate surface area is 284 Å². The minimum absolute atomic E-state index is 0.317. The van der Waals surface area contributed by atoms with E-state index < -0.39 is 151 Å². The second kappa shape index (κ2) is 11.5. The molecular weight excluding hydrogens is 676 g/mol. The van der Waals surface area contributed by atoms with Crippen LogP contribution in [0.15, 0.2) is 36.4 Å². The summed E-state index contributed by atoms with van der Waals surface area (Å²) in [5.74, 6) is -10.2. The van der Waals surface area contributed by atoms with Crippen molar-refractivity contribution in [1.29, 1.82) is 0 Å².